The second-order valence-corrected chi connectivity index (χ2v) is 4.03. The van der Waals surface area contributed by atoms with Crippen LogP contribution in [0.15, 0.2) is 18.2 Å². The Kier molecular flexibility index (Phi) is 5.49. The number of amides is 1. The minimum Gasteiger partial charge on any atom is -0.399 e. The highest BCUT2D eigenvalue weighted by Gasteiger charge is 2.05. The maximum Gasteiger partial charge on any atom is 0.251 e. The second kappa shape index (κ2) is 6.91. The topological polar surface area (TPSA) is 67.1 Å². The minimum absolute atomic E-state index is 0.0374. The number of rotatable bonds is 6. The molecule has 0 aliphatic rings. The lowest BCUT2D eigenvalue weighted by atomic mass is 10.1. The Hall–Kier alpha value is -1.55. The Morgan fingerprint density at radius 3 is 2.76 bits per heavy atom. The van der Waals surface area contributed by atoms with Crippen LogP contribution in [0.4, 0.5) is 5.69 Å². The molecule has 4 heteroatoms. The molecule has 0 fully saturated rings. The summed E-state index contributed by atoms with van der Waals surface area (Å²) >= 11 is 0. The average Bonchev–Trinajstić information content (AvgIpc) is 2.32. The molecule has 0 radical (unpaired) electrons. The fourth-order valence-electron chi connectivity index (χ4n) is 1.51. The van der Waals surface area contributed by atoms with E-state index in [-0.39, 0.29) is 5.91 Å². The average molecular weight is 235 g/mol. The van der Waals surface area contributed by atoms with Crippen LogP contribution < -0.4 is 16.4 Å². The summed E-state index contributed by atoms with van der Waals surface area (Å²) in [4.78, 5) is 11.8. The van der Waals surface area contributed by atoms with Crippen LogP contribution in [0, 0.1) is 6.92 Å². The van der Waals surface area contributed by atoms with E-state index in [0.29, 0.717) is 17.8 Å². The smallest absolute Gasteiger partial charge is 0.251 e. The van der Waals surface area contributed by atoms with Gasteiger partial charge in [0.1, 0.15) is 0 Å². The number of hydrogen-bond donors (Lipinski definition) is 3. The molecule has 0 bridgehead atoms. The molecule has 0 saturated heterocycles. The van der Waals surface area contributed by atoms with E-state index in [4.69, 9.17) is 5.73 Å². The number of nitrogen functional groups attached to an aromatic ring is 1. The SMILES string of the molecule is CCNCCCNC(=O)c1ccc(N)c(C)c1. The summed E-state index contributed by atoms with van der Waals surface area (Å²) in [6.07, 6.45) is 0.938. The molecule has 17 heavy (non-hydrogen) atoms. The van der Waals surface area contributed by atoms with E-state index in [9.17, 15) is 4.79 Å². The van der Waals surface area contributed by atoms with Gasteiger partial charge in [-0.2, -0.15) is 0 Å². The Labute approximate surface area is 103 Å². The van der Waals surface area contributed by atoms with Crippen molar-refractivity contribution in [3.63, 3.8) is 0 Å². The van der Waals surface area contributed by atoms with Crippen molar-refractivity contribution >= 4 is 11.6 Å². The summed E-state index contributed by atoms with van der Waals surface area (Å²) in [6, 6.07) is 5.33. The molecule has 0 spiro atoms. The quantitative estimate of drug-likeness (QED) is 0.514. The number of aryl methyl sites for hydroxylation is 1. The Morgan fingerprint density at radius 1 is 1.35 bits per heavy atom. The van der Waals surface area contributed by atoms with E-state index in [0.717, 1.165) is 25.1 Å². The zero-order valence-corrected chi connectivity index (χ0v) is 10.5. The third-order valence-electron chi connectivity index (χ3n) is 2.60. The first-order valence-electron chi connectivity index (χ1n) is 6.00. The van der Waals surface area contributed by atoms with Crippen LogP contribution in [-0.2, 0) is 0 Å². The zero-order valence-electron chi connectivity index (χ0n) is 10.5. The molecule has 0 aromatic heterocycles. The molecule has 0 atom stereocenters. The number of nitrogens with one attached hydrogen (secondary N) is 2. The van der Waals surface area contributed by atoms with Crippen molar-refractivity contribution in [3.8, 4) is 0 Å². The summed E-state index contributed by atoms with van der Waals surface area (Å²) in [7, 11) is 0. The molecule has 0 unspecified atom stereocenters. The molecule has 0 saturated carbocycles. The Bertz CT molecular complexity index is 377. The highest BCUT2D eigenvalue weighted by atomic mass is 16.1. The highest BCUT2D eigenvalue weighted by molar-refractivity contribution is 5.94. The Balaban J connectivity index is 2.39. The first-order chi connectivity index (χ1) is 8.15. The van der Waals surface area contributed by atoms with Crippen molar-refractivity contribution in [2.24, 2.45) is 0 Å². The molecule has 94 valence electrons. The van der Waals surface area contributed by atoms with Crippen LogP contribution in [0.3, 0.4) is 0 Å². The van der Waals surface area contributed by atoms with Crippen LogP contribution >= 0.6 is 0 Å². The monoisotopic (exact) mass is 235 g/mol. The van der Waals surface area contributed by atoms with Crippen LogP contribution in [0.1, 0.15) is 29.3 Å². The number of carbonyl (C=O) groups excluding carboxylic acids is 1. The number of anilines is 1. The van der Waals surface area contributed by atoms with E-state index in [2.05, 4.69) is 17.6 Å². The molecule has 4 N–H and O–H groups in total. The van der Waals surface area contributed by atoms with E-state index < -0.39 is 0 Å². The molecule has 1 aromatic carbocycles. The standard InChI is InChI=1S/C13H21N3O/c1-3-15-7-4-8-16-13(17)11-5-6-12(14)10(2)9-11/h5-6,9,15H,3-4,7-8,14H2,1-2H3,(H,16,17). The predicted octanol–water partition coefficient (Wildman–Crippen LogP) is 1.31. The van der Waals surface area contributed by atoms with Crippen molar-refractivity contribution in [1.82, 2.24) is 10.6 Å². The third-order valence-corrected chi connectivity index (χ3v) is 2.60. The van der Waals surface area contributed by atoms with Gasteiger partial charge in [-0.3, -0.25) is 4.79 Å². The fraction of sp³-hybridized carbons (Fsp3) is 0.462. The number of carbonyl (C=O) groups is 1. The van der Waals surface area contributed by atoms with Crippen molar-refractivity contribution in [2.45, 2.75) is 20.3 Å². The molecule has 4 nitrogen and oxygen atoms in total. The number of hydrogen-bond acceptors (Lipinski definition) is 3. The van der Waals surface area contributed by atoms with Crippen molar-refractivity contribution in [3.05, 3.63) is 29.3 Å². The van der Waals surface area contributed by atoms with Crippen LogP contribution in [0.2, 0.25) is 0 Å². The van der Waals surface area contributed by atoms with Crippen molar-refractivity contribution in [2.75, 3.05) is 25.4 Å². The van der Waals surface area contributed by atoms with Gasteiger partial charge in [0.05, 0.1) is 0 Å². The molecular weight excluding hydrogens is 214 g/mol. The normalized spacial score (nSPS) is 10.2. The van der Waals surface area contributed by atoms with Gasteiger partial charge in [-0.25, -0.2) is 0 Å². The van der Waals surface area contributed by atoms with Gasteiger partial charge < -0.3 is 16.4 Å². The van der Waals surface area contributed by atoms with Gasteiger partial charge in [0.2, 0.25) is 0 Å². The largest absolute Gasteiger partial charge is 0.399 e. The summed E-state index contributed by atoms with van der Waals surface area (Å²) < 4.78 is 0. The summed E-state index contributed by atoms with van der Waals surface area (Å²) in [5, 5.41) is 6.10. The molecule has 1 amide bonds. The fourth-order valence-corrected chi connectivity index (χ4v) is 1.51. The maximum atomic E-state index is 11.8. The third kappa shape index (κ3) is 4.44. The summed E-state index contributed by atoms with van der Waals surface area (Å²) in [5.74, 6) is -0.0374. The van der Waals surface area contributed by atoms with E-state index in [1.165, 1.54) is 0 Å². The Morgan fingerprint density at radius 2 is 2.12 bits per heavy atom. The first kappa shape index (κ1) is 13.5. The van der Waals surface area contributed by atoms with Crippen molar-refractivity contribution in [1.29, 1.82) is 0 Å². The van der Waals surface area contributed by atoms with E-state index in [1.54, 1.807) is 12.1 Å². The molecule has 1 rings (SSSR count). The van der Waals surface area contributed by atoms with E-state index in [1.807, 2.05) is 13.0 Å². The van der Waals surface area contributed by atoms with Gasteiger partial charge in [-0.15, -0.1) is 0 Å². The lowest BCUT2D eigenvalue weighted by Gasteiger charge is -2.07. The van der Waals surface area contributed by atoms with Gasteiger partial charge in [0, 0.05) is 17.8 Å². The number of nitrogens with two attached hydrogens (primary N) is 1. The minimum atomic E-state index is -0.0374. The molecule has 0 aliphatic carbocycles. The summed E-state index contributed by atoms with van der Waals surface area (Å²) in [5.41, 5.74) is 8.02. The van der Waals surface area contributed by atoms with Crippen LogP contribution in [0.25, 0.3) is 0 Å². The van der Waals surface area contributed by atoms with Crippen LogP contribution in [0.5, 0.6) is 0 Å². The molecule has 0 heterocycles. The lowest BCUT2D eigenvalue weighted by molar-refractivity contribution is 0.0953. The predicted molar refractivity (Wildman–Crippen MR) is 71.1 cm³/mol. The van der Waals surface area contributed by atoms with Gasteiger partial charge >= 0.3 is 0 Å². The lowest BCUT2D eigenvalue weighted by Crippen LogP contribution is -2.27. The second-order valence-electron chi connectivity index (χ2n) is 4.03. The molecule has 0 aliphatic heterocycles. The molecular formula is C13H21N3O. The number of benzene rings is 1. The maximum absolute atomic E-state index is 11.8. The van der Waals surface area contributed by atoms with Gasteiger partial charge in [-0.05, 0) is 50.2 Å². The first-order valence-corrected chi connectivity index (χ1v) is 6.00. The van der Waals surface area contributed by atoms with E-state index >= 15 is 0 Å². The molecule has 1 aromatic rings. The highest BCUT2D eigenvalue weighted by Crippen LogP contribution is 2.12. The van der Waals surface area contributed by atoms with Gasteiger partial charge in [0.25, 0.3) is 5.91 Å². The zero-order chi connectivity index (χ0) is 12.7. The van der Waals surface area contributed by atoms with Gasteiger partial charge in [-0.1, -0.05) is 6.92 Å². The summed E-state index contributed by atoms with van der Waals surface area (Å²) in [6.45, 7) is 6.55. The van der Waals surface area contributed by atoms with Gasteiger partial charge in [0.15, 0.2) is 0 Å². The van der Waals surface area contributed by atoms with Crippen molar-refractivity contribution < 1.29 is 4.79 Å². The van der Waals surface area contributed by atoms with Crippen LogP contribution in [-0.4, -0.2) is 25.5 Å².